The van der Waals surface area contributed by atoms with Gasteiger partial charge in [-0.3, -0.25) is 0 Å². The zero-order valence-corrected chi connectivity index (χ0v) is 14.0. The van der Waals surface area contributed by atoms with Crippen LogP contribution in [0.25, 0.3) is 11.4 Å². The van der Waals surface area contributed by atoms with Crippen LogP contribution in [0.5, 0.6) is 0 Å². The quantitative estimate of drug-likeness (QED) is 0.624. The fourth-order valence-corrected chi connectivity index (χ4v) is 2.35. The van der Waals surface area contributed by atoms with E-state index in [0.29, 0.717) is 23.8 Å². The number of rotatable bonds is 5. The van der Waals surface area contributed by atoms with Crippen molar-refractivity contribution in [1.29, 1.82) is 0 Å². The first-order valence-corrected chi connectivity index (χ1v) is 8.15. The SMILES string of the molecule is CCOC(=O)c1cnc(-c2ccc(SC)cc2)nc1N(C)C. The molecule has 22 heavy (non-hydrogen) atoms. The molecule has 0 atom stereocenters. The second kappa shape index (κ2) is 7.26. The van der Waals surface area contributed by atoms with Gasteiger partial charge in [0.1, 0.15) is 11.4 Å². The molecule has 0 aliphatic rings. The van der Waals surface area contributed by atoms with Gasteiger partial charge >= 0.3 is 5.97 Å². The Morgan fingerprint density at radius 3 is 2.50 bits per heavy atom. The van der Waals surface area contributed by atoms with Crippen molar-refractivity contribution in [2.24, 2.45) is 0 Å². The third kappa shape index (κ3) is 3.57. The highest BCUT2D eigenvalue weighted by molar-refractivity contribution is 7.98. The second-order valence-electron chi connectivity index (χ2n) is 4.77. The molecule has 0 amide bonds. The van der Waals surface area contributed by atoms with Crippen molar-refractivity contribution in [1.82, 2.24) is 9.97 Å². The molecule has 0 aliphatic carbocycles. The van der Waals surface area contributed by atoms with Crippen molar-refractivity contribution in [3.8, 4) is 11.4 Å². The number of anilines is 1. The molecule has 1 aromatic carbocycles. The Morgan fingerprint density at radius 1 is 1.27 bits per heavy atom. The maximum Gasteiger partial charge on any atom is 0.343 e. The third-order valence-corrected chi connectivity index (χ3v) is 3.78. The normalized spacial score (nSPS) is 10.4. The topological polar surface area (TPSA) is 55.3 Å². The van der Waals surface area contributed by atoms with Crippen molar-refractivity contribution < 1.29 is 9.53 Å². The molecule has 0 saturated heterocycles. The Morgan fingerprint density at radius 2 is 1.95 bits per heavy atom. The predicted octanol–water partition coefficient (Wildman–Crippen LogP) is 3.11. The molecule has 0 radical (unpaired) electrons. The lowest BCUT2D eigenvalue weighted by Crippen LogP contribution is -2.18. The minimum absolute atomic E-state index is 0.323. The van der Waals surface area contributed by atoms with Crippen LogP contribution < -0.4 is 4.90 Å². The molecular weight excluding hydrogens is 298 g/mol. The van der Waals surface area contributed by atoms with E-state index < -0.39 is 5.97 Å². The number of nitrogens with zero attached hydrogens (tertiary/aromatic N) is 3. The molecular formula is C16H19N3O2S. The van der Waals surface area contributed by atoms with Crippen LogP contribution in [0.4, 0.5) is 5.82 Å². The lowest BCUT2D eigenvalue weighted by molar-refractivity contribution is 0.0526. The minimum atomic E-state index is -0.407. The number of carbonyl (C=O) groups is 1. The van der Waals surface area contributed by atoms with Crippen LogP contribution in [-0.2, 0) is 4.74 Å². The van der Waals surface area contributed by atoms with Crippen LogP contribution in [0, 0.1) is 0 Å². The first-order valence-electron chi connectivity index (χ1n) is 6.92. The number of thioether (sulfide) groups is 1. The number of aromatic nitrogens is 2. The Hall–Kier alpha value is -2.08. The molecule has 0 bridgehead atoms. The third-order valence-electron chi connectivity index (χ3n) is 3.04. The lowest BCUT2D eigenvalue weighted by atomic mass is 10.2. The summed E-state index contributed by atoms with van der Waals surface area (Å²) >= 11 is 1.68. The van der Waals surface area contributed by atoms with Crippen LogP contribution in [-0.4, -0.2) is 42.9 Å². The minimum Gasteiger partial charge on any atom is -0.462 e. The molecule has 0 saturated carbocycles. The molecule has 2 rings (SSSR count). The molecule has 6 heteroatoms. The largest absolute Gasteiger partial charge is 0.462 e. The van der Waals surface area contributed by atoms with E-state index in [0.717, 1.165) is 5.56 Å². The van der Waals surface area contributed by atoms with Crippen molar-refractivity contribution in [2.75, 3.05) is 31.9 Å². The second-order valence-corrected chi connectivity index (χ2v) is 5.65. The number of ether oxygens (including phenoxy) is 1. The summed E-state index contributed by atoms with van der Waals surface area (Å²) in [5, 5.41) is 0. The fraction of sp³-hybridized carbons (Fsp3) is 0.312. The van der Waals surface area contributed by atoms with Crippen LogP contribution in [0.2, 0.25) is 0 Å². The van der Waals surface area contributed by atoms with Crippen LogP contribution in [0.1, 0.15) is 17.3 Å². The van der Waals surface area contributed by atoms with E-state index in [1.807, 2.05) is 44.6 Å². The van der Waals surface area contributed by atoms with Crippen molar-refractivity contribution in [2.45, 2.75) is 11.8 Å². The molecule has 5 nitrogen and oxygen atoms in total. The Kier molecular flexibility index (Phi) is 5.38. The summed E-state index contributed by atoms with van der Waals surface area (Å²) < 4.78 is 5.05. The van der Waals surface area contributed by atoms with E-state index in [4.69, 9.17) is 4.74 Å². The highest BCUT2D eigenvalue weighted by atomic mass is 32.2. The highest BCUT2D eigenvalue weighted by Gasteiger charge is 2.17. The highest BCUT2D eigenvalue weighted by Crippen LogP contribution is 2.24. The van der Waals surface area contributed by atoms with Gasteiger partial charge in [-0.05, 0) is 25.3 Å². The van der Waals surface area contributed by atoms with E-state index in [1.54, 1.807) is 23.6 Å². The van der Waals surface area contributed by atoms with Crippen LogP contribution >= 0.6 is 11.8 Å². The lowest BCUT2D eigenvalue weighted by Gasteiger charge is -2.16. The maximum atomic E-state index is 12.0. The van der Waals surface area contributed by atoms with Gasteiger partial charge in [-0.15, -0.1) is 11.8 Å². The van der Waals surface area contributed by atoms with Crippen molar-refractivity contribution in [3.05, 3.63) is 36.0 Å². The predicted molar refractivity (Wildman–Crippen MR) is 89.5 cm³/mol. The average molecular weight is 317 g/mol. The van der Waals surface area contributed by atoms with Gasteiger partial charge in [0.15, 0.2) is 5.82 Å². The van der Waals surface area contributed by atoms with Gasteiger partial charge in [-0.2, -0.15) is 0 Å². The summed E-state index contributed by atoms with van der Waals surface area (Å²) in [7, 11) is 3.68. The molecule has 0 unspecified atom stereocenters. The summed E-state index contributed by atoms with van der Waals surface area (Å²) in [6.07, 6.45) is 3.56. The summed E-state index contributed by atoms with van der Waals surface area (Å²) in [6, 6.07) is 8.01. The Labute approximate surface area is 134 Å². The molecule has 1 heterocycles. The summed E-state index contributed by atoms with van der Waals surface area (Å²) in [5.41, 5.74) is 1.28. The number of hydrogen-bond donors (Lipinski definition) is 0. The van der Waals surface area contributed by atoms with Gasteiger partial charge in [0.25, 0.3) is 0 Å². The summed E-state index contributed by atoms with van der Waals surface area (Å²) in [5.74, 6) is 0.734. The fourth-order valence-electron chi connectivity index (χ4n) is 1.95. The summed E-state index contributed by atoms with van der Waals surface area (Å²) in [6.45, 7) is 2.10. The molecule has 0 spiro atoms. The van der Waals surface area contributed by atoms with Gasteiger partial charge in [0.05, 0.1) is 6.61 Å². The summed E-state index contributed by atoms with van der Waals surface area (Å²) in [4.78, 5) is 23.7. The van der Waals surface area contributed by atoms with Gasteiger partial charge in [0, 0.05) is 30.8 Å². The standard InChI is InChI=1S/C16H19N3O2S/c1-5-21-16(20)13-10-17-14(18-15(13)19(2)3)11-6-8-12(22-4)9-7-11/h6-10H,5H2,1-4H3. The number of carbonyl (C=O) groups excluding carboxylic acids is 1. The molecule has 0 aliphatic heterocycles. The van der Waals surface area contributed by atoms with Gasteiger partial charge in [-0.25, -0.2) is 14.8 Å². The van der Waals surface area contributed by atoms with Crippen LogP contribution in [0.15, 0.2) is 35.4 Å². The Bertz CT molecular complexity index is 657. The number of esters is 1. The molecule has 0 N–H and O–H groups in total. The first-order chi connectivity index (χ1) is 10.6. The molecule has 1 aromatic heterocycles. The van der Waals surface area contributed by atoms with E-state index in [1.165, 1.54) is 11.1 Å². The van der Waals surface area contributed by atoms with E-state index >= 15 is 0 Å². The van der Waals surface area contributed by atoms with E-state index in [9.17, 15) is 4.79 Å². The zero-order valence-electron chi connectivity index (χ0n) is 13.2. The monoisotopic (exact) mass is 317 g/mol. The molecule has 116 valence electrons. The molecule has 2 aromatic rings. The van der Waals surface area contributed by atoms with Gasteiger partial charge in [-0.1, -0.05) is 12.1 Å². The zero-order chi connectivity index (χ0) is 16.1. The van der Waals surface area contributed by atoms with Gasteiger partial charge < -0.3 is 9.64 Å². The number of hydrogen-bond acceptors (Lipinski definition) is 6. The van der Waals surface area contributed by atoms with Crippen LogP contribution in [0.3, 0.4) is 0 Å². The number of benzene rings is 1. The van der Waals surface area contributed by atoms with Gasteiger partial charge in [0.2, 0.25) is 0 Å². The smallest absolute Gasteiger partial charge is 0.343 e. The van der Waals surface area contributed by atoms with Crippen molar-refractivity contribution in [3.63, 3.8) is 0 Å². The molecule has 0 fully saturated rings. The van der Waals surface area contributed by atoms with E-state index in [-0.39, 0.29) is 0 Å². The van der Waals surface area contributed by atoms with E-state index in [2.05, 4.69) is 9.97 Å². The Balaban J connectivity index is 2.41. The van der Waals surface area contributed by atoms with Crippen molar-refractivity contribution >= 4 is 23.5 Å². The maximum absolute atomic E-state index is 12.0. The first kappa shape index (κ1) is 16.3. The average Bonchev–Trinajstić information content (AvgIpc) is 2.54.